The Morgan fingerprint density at radius 1 is 1.30 bits per heavy atom. The number of rotatable bonds is 4. The molecular weight excluding hydrogens is 341 g/mol. The van der Waals surface area contributed by atoms with Crippen LogP contribution >= 0.6 is 34.8 Å². The minimum atomic E-state index is -3.58. The maximum Gasteiger partial charge on any atom is 0.244 e. The normalized spacial score (nSPS) is 20.5. The van der Waals surface area contributed by atoms with Crippen LogP contribution in [0.1, 0.15) is 25.3 Å². The summed E-state index contributed by atoms with van der Waals surface area (Å²) in [7, 11) is -3.58. The molecule has 0 aliphatic carbocycles. The second kappa shape index (κ2) is 6.41. The minimum Gasteiger partial charge on any atom is -0.207 e. The number of sulfonamides is 1. The molecule has 0 radical (unpaired) electrons. The number of hydrogen-bond donors (Lipinski definition) is 0. The van der Waals surface area contributed by atoms with E-state index in [1.54, 1.807) is 0 Å². The largest absolute Gasteiger partial charge is 0.244 e. The quantitative estimate of drug-likeness (QED) is 0.760. The lowest BCUT2D eigenvalue weighted by Crippen LogP contribution is -2.29. The van der Waals surface area contributed by atoms with Crippen molar-refractivity contribution in [3.8, 4) is 0 Å². The van der Waals surface area contributed by atoms with Crippen molar-refractivity contribution >= 4 is 44.8 Å². The zero-order valence-corrected chi connectivity index (χ0v) is 14.2. The molecule has 1 heterocycles. The lowest BCUT2D eigenvalue weighted by atomic mass is 10.1. The molecule has 3 nitrogen and oxygen atoms in total. The lowest BCUT2D eigenvalue weighted by molar-refractivity contribution is 0.453. The van der Waals surface area contributed by atoms with E-state index in [4.69, 9.17) is 34.8 Å². The Morgan fingerprint density at radius 3 is 2.55 bits per heavy atom. The predicted octanol–water partition coefficient (Wildman–Crippen LogP) is 4.15. The van der Waals surface area contributed by atoms with E-state index in [0.29, 0.717) is 29.6 Å². The van der Waals surface area contributed by atoms with Crippen LogP contribution in [0.4, 0.5) is 0 Å². The molecule has 0 bridgehead atoms. The van der Waals surface area contributed by atoms with Crippen LogP contribution in [-0.2, 0) is 15.9 Å². The number of halogens is 3. The Balaban J connectivity index is 2.40. The Labute approximate surface area is 134 Å². The summed E-state index contributed by atoms with van der Waals surface area (Å²) in [6.07, 6.45) is 1.87. The van der Waals surface area contributed by atoms with Gasteiger partial charge in [-0.05, 0) is 30.0 Å². The van der Waals surface area contributed by atoms with Gasteiger partial charge in [-0.3, -0.25) is 0 Å². The first kappa shape index (κ1) is 16.4. The topological polar surface area (TPSA) is 37.4 Å². The SMILES string of the molecule is CCC1CCN(S(=O)(=O)c2cc(CCl)c(Cl)cc2Cl)C1. The van der Waals surface area contributed by atoms with Gasteiger partial charge in [-0.15, -0.1) is 11.6 Å². The van der Waals surface area contributed by atoms with Gasteiger partial charge < -0.3 is 0 Å². The van der Waals surface area contributed by atoms with Gasteiger partial charge in [0.15, 0.2) is 0 Å². The van der Waals surface area contributed by atoms with Crippen molar-refractivity contribution in [2.24, 2.45) is 5.92 Å². The van der Waals surface area contributed by atoms with Gasteiger partial charge in [0.05, 0.1) is 5.02 Å². The van der Waals surface area contributed by atoms with Gasteiger partial charge in [0.25, 0.3) is 0 Å². The molecule has 0 N–H and O–H groups in total. The van der Waals surface area contributed by atoms with E-state index in [1.807, 2.05) is 0 Å². The number of hydrogen-bond acceptors (Lipinski definition) is 2. The smallest absolute Gasteiger partial charge is 0.207 e. The Morgan fingerprint density at radius 2 is 2.00 bits per heavy atom. The maximum absolute atomic E-state index is 12.7. The average molecular weight is 357 g/mol. The second-order valence-electron chi connectivity index (χ2n) is 4.93. The van der Waals surface area contributed by atoms with Gasteiger partial charge in [0.2, 0.25) is 10.0 Å². The van der Waals surface area contributed by atoms with E-state index in [0.717, 1.165) is 12.8 Å². The van der Waals surface area contributed by atoms with Crippen molar-refractivity contribution in [2.75, 3.05) is 13.1 Å². The van der Waals surface area contributed by atoms with Crippen molar-refractivity contribution in [3.05, 3.63) is 27.7 Å². The monoisotopic (exact) mass is 355 g/mol. The fourth-order valence-electron chi connectivity index (χ4n) is 2.36. The molecule has 0 amide bonds. The standard InChI is InChI=1S/C13H16Cl3NO2S/c1-2-9-3-4-17(8-9)20(18,19)13-5-10(7-14)11(15)6-12(13)16/h5-6,9H,2-4,7-8H2,1H3. The van der Waals surface area contributed by atoms with Gasteiger partial charge >= 0.3 is 0 Å². The van der Waals surface area contributed by atoms with Gasteiger partial charge in [-0.25, -0.2) is 8.42 Å². The molecule has 2 rings (SSSR count). The summed E-state index contributed by atoms with van der Waals surface area (Å²) in [4.78, 5) is 0.0935. The fraction of sp³-hybridized carbons (Fsp3) is 0.538. The van der Waals surface area contributed by atoms with Gasteiger partial charge in [0, 0.05) is 24.0 Å². The molecular formula is C13H16Cl3NO2S. The molecule has 1 fully saturated rings. The minimum absolute atomic E-state index is 0.0935. The van der Waals surface area contributed by atoms with Crippen LogP contribution in [0.25, 0.3) is 0 Å². The summed E-state index contributed by atoms with van der Waals surface area (Å²) in [5.74, 6) is 0.569. The Hall–Kier alpha value is -0.000000000000000111. The molecule has 1 atom stereocenters. The number of nitrogens with zero attached hydrogens (tertiary/aromatic N) is 1. The third-order valence-electron chi connectivity index (χ3n) is 3.69. The summed E-state index contributed by atoms with van der Waals surface area (Å²) < 4.78 is 26.8. The fourth-order valence-corrected chi connectivity index (χ4v) is 5.02. The van der Waals surface area contributed by atoms with E-state index in [-0.39, 0.29) is 15.8 Å². The van der Waals surface area contributed by atoms with Crippen molar-refractivity contribution in [1.82, 2.24) is 4.31 Å². The van der Waals surface area contributed by atoms with Crippen molar-refractivity contribution in [1.29, 1.82) is 0 Å². The molecule has 1 unspecified atom stereocenters. The lowest BCUT2D eigenvalue weighted by Gasteiger charge is -2.18. The second-order valence-corrected chi connectivity index (χ2v) is 7.92. The highest BCUT2D eigenvalue weighted by Gasteiger charge is 2.33. The Bertz CT molecular complexity index is 604. The molecule has 1 saturated heterocycles. The van der Waals surface area contributed by atoms with Crippen LogP contribution < -0.4 is 0 Å². The first-order chi connectivity index (χ1) is 9.40. The van der Waals surface area contributed by atoms with E-state index in [9.17, 15) is 8.42 Å². The number of benzene rings is 1. The van der Waals surface area contributed by atoms with Crippen molar-refractivity contribution < 1.29 is 8.42 Å². The third-order valence-corrected chi connectivity index (χ3v) is 6.66. The zero-order valence-electron chi connectivity index (χ0n) is 11.1. The third kappa shape index (κ3) is 3.09. The zero-order chi connectivity index (χ0) is 14.9. The van der Waals surface area contributed by atoms with Crippen LogP contribution in [0.2, 0.25) is 10.0 Å². The first-order valence-electron chi connectivity index (χ1n) is 6.44. The molecule has 7 heteroatoms. The van der Waals surface area contributed by atoms with E-state index < -0.39 is 10.0 Å². The van der Waals surface area contributed by atoms with Crippen LogP contribution in [0.5, 0.6) is 0 Å². The highest BCUT2D eigenvalue weighted by molar-refractivity contribution is 7.89. The van der Waals surface area contributed by atoms with Crippen LogP contribution in [-0.4, -0.2) is 25.8 Å². The summed E-state index contributed by atoms with van der Waals surface area (Å²) in [5, 5.41) is 0.528. The average Bonchev–Trinajstić information content (AvgIpc) is 2.88. The van der Waals surface area contributed by atoms with Gasteiger partial charge in [-0.1, -0.05) is 36.5 Å². The first-order valence-corrected chi connectivity index (χ1v) is 9.17. The molecule has 112 valence electrons. The van der Waals surface area contributed by atoms with Crippen molar-refractivity contribution in [2.45, 2.75) is 30.5 Å². The molecule has 1 aromatic carbocycles. The van der Waals surface area contributed by atoms with Gasteiger partial charge in [0.1, 0.15) is 4.90 Å². The summed E-state index contributed by atoms with van der Waals surface area (Å²) in [6.45, 7) is 3.16. The highest BCUT2D eigenvalue weighted by atomic mass is 35.5. The number of alkyl halides is 1. The molecule has 0 saturated carbocycles. The molecule has 0 spiro atoms. The van der Waals surface area contributed by atoms with Gasteiger partial charge in [-0.2, -0.15) is 4.31 Å². The Kier molecular flexibility index (Phi) is 5.24. The summed E-state index contributed by atoms with van der Waals surface area (Å²) >= 11 is 17.8. The maximum atomic E-state index is 12.7. The molecule has 1 aliphatic heterocycles. The van der Waals surface area contributed by atoms with Crippen molar-refractivity contribution in [3.63, 3.8) is 0 Å². The van der Waals surface area contributed by atoms with E-state index >= 15 is 0 Å². The summed E-state index contributed by atoms with van der Waals surface area (Å²) in [5.41, 5.74) is 0.572. The highest BCUT2D eigenvalue weighted by Crippen LogP contribution is 2.33. The molecule has 20 heavy (non-hydrogen) atoms. The molecule has 1 aliphatic rings. The van der Waals surface area contributed by atoms with Crippen LogP contribution in [0, 0.1) is 5.92 Å². The van der Waals surface area contributed by atoms with Crippen LogP contribution in [0.15, 0.2) is 17.0 Å². The van der Waals surface area contributed by atoms with E-state index in [1.165, 1.54) is 16.4 Å². The predicted molar refractivity (Wildman–Crippen MR) is 83.2 cm³/mol. The molecule has 1 aromatic rings. The van der Waals surface area contributed by atoms with Crippen LogP contribution in [0.3, 0.4) is 0 Å². The van der Waals surface area contributed by atoms with E-state index in [2.05, 4.69) is 6.92 Å². The summed E-state index contributed by atoms with van der Waals surface area (Å²) in [6, 6.07) is 2.92. The molecule has 0 aromatic heterocycles.